The fourth-order valence-corrected chi connectivity index (χ4v) is 1.08. The van der Waals surface area contributed by atoms with Crippen LogP contribution in [0, 0.1) is 0 Å². The summed E-state index contributed by atoms with van der Waals surface area (Å²) in [6, 6.07) is 0. The van der Waals surface area contributed by atoms with Gasteiger partial charge in [0.05, 0.1) is 5.75 Å². The molecular formula is C6H12O3S. The van der Waals surface area contributed by atoms with Crippen molar-refractivity contribution in [3.8, 4) is 0 Å². The molecule has 0 fully saturated rings. The number of unbranched alkanes of at least 4 members (excludes halogenated alkanes) is 1. The maximum atomic E-state index is 10.1. The van der Waals surface area contributed by atoms with Crippen LogP contribution in [0.25, 0.3) is 0 Å². The highest BCUT2D eigenvalue weighted by Gasteiger charge is 2.00. The fraction of sp³-hybridized carbons (Fsp3) is 0.667. The molecule has 0 bridgehead atoms. The molecule has 60 valence electrons. The van der Waals surface area contributed by atoms with Gasteiger partial charge in [-0.15, -0.1) is 0 Å². The van der Waals surface area contributed by atoms with Crippen LogP contribution in [0.5, 0.6) is 0 Å². The van der Waals surface area contributed by atoms with Gasteiger partial charge in [0.25, 0.3) is 10.1 Å². The zero-order valence-corrected chi connectivity index (χ0v) is 6.76. The van der Waals surface area contributed by atoms with Crippen LogP contribution < -0.4 is 0 Å². The molecule has 0 aliphatic heterocycles. The highest BCUT2D eigenvalue weighted by atomic mass is 32.2. The summed E-state index contributed by atoms with van der Waals surface area (Å²) in [7, 11) is -3.74. The van der Waals surface area contributed by atoms with E-state index in [1.54, 1.807) is 0 Å². The van der Waals surface area contributed by atoms with Gasteiger partial charge in [-0.2, -0.15) is 8.42 Å². The maximum absolute atomic E-state index is 10.1. The summed E-state index contributed by atoms with van der Waals surface area (Å²) in [4.78, 5) is 0. The van der Waals surface area contributed by atoms with Gasteiger partial charge < -0.3 is 0 Å². The third kappa shape index (κ3) is 7.65. The highest BCUT2D eigenvalue weighted by Crippen LogP contribution is 1.94. The SMILES string of the molecule is C/C=C/CCCS(=O)(=O)O. The van der Waals surface area contributed by atoms with Gasteiger partial charge in [0.1, 0.15) is 0 Å². The minimum Gasteiger partial charge on any atom is -0.286 e. The molecule has 0 aliphatic rings. The molecular weight excluding hydrogens is 152 g/mol. The van der Waals surface area contributed by atoms with E-state index in [0.29, 0.717) is 12.8 Å². The molecule has 0 heterocycles. The summed E-state index contributed by atoms with van der Waals surface area (Å²) < 4.78 is 28.5. The number of allylic oxidation sites excluding steroid dienone is 2. The van der Waals surface area contributed by atoms with Gasteiger partial charge in [-0.05, 0) is 19.8 Å². The molecule has 0 aromatic carbocycles. The molecule has 0 saturated carbocycles. The first-order valence-corrected chi connectivity index (χ1v) is 4.73. The Morgan fingerprint density at radius 3 is 2.50 bits per heavy atom. The lowest BCUT2D eigenvalue weighted by molar-refractivity contribution is 0.481. The monoisotopic (exact) mass is 164 g/mol. The van der Waals surface area contributed by atoms with Gasteiger partial charge in [-0.25, -0.2) is 0 Å². The predicted molar refractivity (Wildman–Crippen MR) is 40.5 cm³/mol. The Morgan fingerprint density at radius 2 is 2.10 bits per heavy atom. The van der Waals surface area contributed by atoms with E-state index in [4.69, 9.17) is 4.55 Å². The first-order valence-electron chi connectivity index (χ1n) is 3.12. The summed E-state index contributed by atoms with van der Waals surface area (Å²) in [5, 5.41) is 0. The zero-order valence-electron chi connectivity index (χ0n) is 5.95. The smallest absolute Gasteiger partial charge is 0.264 e. The van der Waals surface area contributed by atoms with Gasteiger partial charge in [0, 0.05) is 0 Å². The molecule has 0 aromatic rings. The quantitative estimate of drug-likeness (QED) is 0.386. The number of hydrogen-bond acceptors (Lipinski definition) is 2. The van der Waals surface area contributed by atoms with Crippen molar-refractivity contribution in [2.24, 2.45) is 0 Å². The highest BCUT2D eigenvalue weighted by molar-refractivity contribution is 7.85. The lowest BCUT2D eigenvalue weighted by Crippen LogP contribution is -2.02. The normalized spacial score (nSPS) is 12.6. The Bertz CT molecular complexity index is 191. The summed E-state index contributed by atoms with van der Waals surface area (Å²) in [6.07, 6.45) is 4.91. The van der Waals surface area contributed by atoms with Crippen molar-refractivity contribution >= 4 is 10.1 Å². The van der Waals surface area contributed by atoms with Crippen molar-refractivity contribution < 1.29 is 13.0 Å². The lowest BCUT2D eigenvalue weighted by Gasteiger charge is -1.91. The Morgan fingerprint density at radius 1 is 1.50 bits per heavy atom. The Labute approximate surface area is 61.5 Å². The lowest BCUT2D eigenvalue weighted by atomic mass is 10.3. The molecule has 4 heteroatoms. The number of rotatable bonds is 4. The Hall–Kier alpha value is -0.350. The average molecular weight is 164 g/mol. The van der Waals surface area contributed by atoms with Crippen molar-refractivity contribution in [1.82, 2.24) is 0 Å². The first kappa shape index (κ1) is 9.65. The van der Waals surface area contributed by atoms with Crippen LogP contribution in [0.15, 0.2) is 12.2 Å². The molecule has 0 amide bonds. The van der Waals surface area contributed by atoms with Gasteiger partial charge in [0.15, 0.2) is 0 Å². The molecule has 0 aliphatic carbocycles. The molecule has 0 aromatic heterocycles. The van der Waals surface area contributed by atoms with Crippen molar-refractivity contribution in [2.45, 2.75) is 19.8 Å². The van der Waals surface area contributed by atoms with Crippen LogP contribution in [-0.2, 0) is 10.1 Å². The average Bonchev–Trinajstić information content (AvgIpc) is 1.78. The third-order valence-electron chi connectivity index (χ3n) is 1.01. The molecule has 0 spiro atoms. The largest absolute Gasteiger partial charge is 0.286 e. The summed E-state index contributed by atoms with van der Waals surface area (Å²) >= 11 is 0. The summed E-state index contributed by atoms with van der Waals surface area (Å²) in [5.74, 6) is -0.142. The van der Waals surface area contributed by atoms with Crippen LogP contribution in [-0.4, -0.2) is 18.7 Å². The van der Waals surface area contributed by atoms with Crippen LogP contribution in [0.3, 0.4) is 0 Å². The van der Waals surface area contributed by atoms with E-state index in [9.17, 15) is 8.42 Å². The predicted octanol–water partition coefficient (Wildman–Crippen LogP) is 1.23. The van der Waals surface area contributed by atoms with E-state index in [-0.39, 0.29) is 5.75 Å². The van der Waals surface area contributed by atoms with E-state index in [1.807, 2.05) is 19.1 Å². The summed E-state index contributed by atoms with van der Waals surface area (Å²) in [6.45, 7) is 1.87. The fourth-order valence-electron chi connectivity index (χ4n) is 0.550. The van der Waals surface area contributed by atoms with Crippen molar-refractivity contribution in [2.75, 3.05) is 5.75 Å². The second-order valence-electron chi connectivity index (χ2n) is 2.00. The molecule has 0 radical (unpaired) electrons. The van der Waals surface area contributed by atoms with E-state index < -0.39 is 10.1 Å². The molecule has 0 atom stereocenters. The second kappa shape index (κ2) is 4.46. The molecule has 0 saturated heterocycles. The zero-order chi connectivity index (χ0) is 8.04. The van der Waals surface area contributed by atoms with Crippen molar-refractivity contribution in [1.29, 1.82) is 0 Å². The molecule has 10 heavy (non-hydrogen) atoms. The molecule has 0 unspecified atom stereocenters. The standard InChI is InChI=1S/C6H12O3S/c1-2-3-4-5-6-10(7,8)9/h2-3H,4-6H2,1H3,(H,7,8,9)/b3-2+. The third-order valence-corrected chi connectivity index (χ3v) is 1.81. The minimum atomic E-state index is -3.74. The Balaban J connectivity index is 3.39. The van der Waals surface area contributed by atoms with Crippen molar-refractivity contribution in [3.63, 3.8) is 0 Å². The van der Waals surface area contributed by atoms with Crippen LogP contribution in [0.1, 0.15) is 19.8 Å². The topological polar surface area (TPSA) is 54.4 Å². The minimum absolute atomic E-state index is 0.142. The van der Waals surface area contributed by atoms with Crippen LogP contribution in [0.2, 0.25) is 0 Å². The van der Waals surface area contributed by atoms with Gasteiger partial charge in [-0.1, -0.05) is 12.2 Å². The Kier molecular flexibility index (Phi) is 4.31. The maximum Gasteiger partial charge on any atom is 0.264 e. The van der Waals surface area contributed by atoms with Gasteiger partial charge >= 0.3 is 0 Å². The first-order chi connectivity index (χ1) is 4.56. The van der Waals surface area contributed by atoms with E-state index in [1.165, 1.54) is 0 Å². The molecule has 3 nitrogen and oxygen atoms in total. The molecule has 1 N–H and O–H groups in total. The number of hydrogen-bond donors (Lipinski definition) is 1. The summed E-state index contributed by atoms with van der Waals surface area (Å²) in [5.41, 5.74) is 0. The van der Waals surface area contributed by atoms with E-state index in [0.717, 1.165) is 0 Å². The molecule has 0 rings (SSSR count). The van der Waals surface area contributed by atoms with E-state index >= 15 is 0 Å². The van der Waals surface area contributed by atoms with Gasteiger partial charge in [-0.3, -0.25) is 4.55 Å². The van der Waals surface area contributed by atoms with Gasteiger partial charge in [0.2, 0.25) is 0 Å². The van der Waals surface area contributed by atoms with Crippen LogP contribution >= 0.6 is 0 Å². The van der Waals surface area contributed by atoms with Crippen LogP contribution in [0.4, 0.5) is 0 Å². The van der Waals surface area contributed by atoms with Crippen molar-refractivity contribution in [3.05, 3.63) is 12.2 Å². The van der Waals surface area contributed by atoms with E-state index in [2.05, 4.69) is 0 Å². The second-order valence-corrected chi connectivity index (χ2v) is 3.57.